The van der Waals surface area contributed by atoms with Gasteiger partial charge in [-0.25, -0.2) is 0 Å². The number of nitrogens with zero attached hydrogens (tertiary/aromatic N) is 3. The molecule has 28 heavy (non-hydrogen) atoms. The minimum atomic E-state index is 0.0737. The standard InChI is InChI=1S/C23H27N3O2/c1-3-25(16-19-9-5-4-8-17(19)2)22(27)18-12-14-26(15-13-18)23-24-20-10-6-7-11-21(20)28-23/h4-11,18H,3,12-16H2,1-2H3. The number of oxazole rings is 1. The van der Waals surface area contributed by atoms with E-state index in [2.05, 4.69) is 35.9 Å². The van der Waals surface area contributed by atoms with Gasteiger partial charge in [-0.15, -0.1) is 0 Å². The number of aryl methyl sites for hydroxylation is 1. The Kier molecular flexibility index (Phi) is 5.33. The van der Waals surface area contributed by atoms with Crippen LogP contribution in [0.5, 0.6) is 0 Å². The SMILES string of the molecule is CCN(Cc1ccccc1C)C(=O)C1CCN(c2nc3ccccc3o2)CC1. The number of hydrogen-bond acceptors (Lipinski definition) is 4. The van der Waals surface area contributed by atoms with Crippen molar-refractivity contribution in [2.75, 3.05) is 24.5 Å². The average molecular weight is 377 g/mol. The van der Waals surface area contributed by atoms with Crippen LogP contribution < -0.4 is 4.90 Å². The molecule has 5 nitrogen and oxygen atoms in total. The van der Waals surface area contributed by atoms with E-state index in [1.807, 2.05) is 41.3 Å². The zero-order chi connectivity index (χ0) is 19.5. The van der Waals surface area contributed by atoms with Gasteiger partial charge < -0.3 is 14.2 Å². The molecular formula is C23H27N3O2. The summed E-state index contributed by atoms with van der Waals surface area (Å²) in [5.74, 6) is 0.340. The molecule has 0 saturated carbocycles. The monoisotopic (exact) mass is 377 g/mol. The third kappa shape index (κ3) is 3.75. The first-order valence-electron chi connectivity index (χ1n) is 10.1. The van der Waals surface area contributed by atoms with Gasteiger partial charge in [0.2, 0.25) is 5.91 Å². The highest BCUT2D eigenvalue weighted by atomic mass is 16.4. The van der Waals surface area contributed by atoms with E-state index in [9.17, 15) is 4.79 Å². The Morgan fingerprint density at radius 2 is 1.86 bits per heavy atom. The van der Waals surface area contributed by atoms with E-state index >= 15 is 0 Å². The fourth-order valence-corrected chi connectivity index (χ4v) is 3.91. The van der Waals surface area contributed by atoms with Crippen molar-refractivity contribution in [3.8, 4) is 0 Å². The van der Waals surface area contributed by atoms with Gasteiger partial charge in [0.25, 0.3) is 6.01 Å². The Morgan fingerprint density at radius 1 is 1.14 bits per heavy atom. The van der Waals surface area contributed by atoms with Crippen LogP contribution in [-0.2, 0) is 11.3 Å². The van der Waals surface area contributed by atoms with Crippen LogP contribution in [0.3, 0.4) is 0 Å². The number of carbonyl (C=O) groups is 1. The summed E-state index contributed by atoms with van der Waals surface area (Å²) >= 11 is 0. The van der Waals surface area contributed by atoms with Crippen LogP contribution in [0.1, 0.15) is 30.9 Å². The number of amides is 1. The normalized spacial score (nSPS) is 15.1. The molecule has 3 aromatic rings. The molecule has 1 saturated heterocycles. The molecule has 0 N–H and O–H groups in total. The van der Waals surface area contributed by atoms with Crippen LogP contribution in [0, 0.1) is 12.8 Å². The second-order valence-electron chi connectivity index (χ2n) is 7.50. The Balaban J connectivity index is 1.39. The van der Waals surface area contributed by atoms with Crippen LogP contribution in [0.4, 0.5) is 6.01 Å². The Labute approximate surface area is 166 Å². The molecule has 0 aliphatic carbocycles. The van der Waals surface area contributed by atoms with Crippen molar-refractivity contribution in [2.45, 2.75) is 33.2 Å². The lowest BCUT2D eigenvalue weighted by Crippen LogP contribution is -2.42. The van der Waals surface area contributed by atoms with Gasteiger partial charge in [-0.1, -0.05) is 36.4 Å². The maximum absolute atomic E-state index is 13.1. The minimum absolute atomic E-state index is 0.0737. The van der Waals surface area contributed by atoms with Crippen LogP contribution >= 0.6 is 0 Å². The molecule has 1 amide bonds. The summed E-state index contributed by atoms with van der Waals surface area (Å²) in [6, 6.07) is 16.8. The smallest absolute Gasteiger partial charge is 0.298 e. The highest BCUT2D eigenvalue weighted by molar-refractivity contribution is 5.79. The van der Waals surface area contributed by atoms with E-state index in [-0.39, 0.29) is 11.8 Å². The lowest BCUT2D eigenvalue weighted by Gasteiger charge is -2.33. The number of hydrogen-bond donors (Lipinski definition) is 0. The van der Waals surface area contributed by atoms with E-state index in [0.29, 0.717) is 12.6 Å². The van der Waals surface area contributed by atoms with Gasteiger partial charge in [0.1, 0.15) is 5.52 Å². The molecule has 4 rings (SSSR count). The van der Waals surface area contributed by atoms with Gasteiger partial charge in [-0.2, -0.15) is 4.98 Å². The first-order valence-corrected chi connectivity index (χ1v) is 10.1. The van der Waals surface area contributed by atoms with Crippen molar-refractivity contribution in [1.82, 2.24) is 9.88 Å². The second kappa shape index (κ2) is 8.05. The lowest BCUT2D eigenvalue weighted by molar-refractivity contribution is -0.136. The van der Waals surface area contributed by atoms with Crippen molar-refractivity contribution in [2.24, 2.45) is 5.92 Å². The van der Waals surface area contributed by atoms with Crippen molar-refractivity contribution in [3.05, 3.63) is 59.7 Å². The molecule has 0 radical (unpaired) electrons. The molecule has 0 spiro atoms. The third-order valence-corrected chi connectivity index (χ3v) is 5.71. The van der Waals surface area contributed by atoms with Crippen LogP contribution in [0.2, 0.25) is 0 Å². The predicted molar refractivity (Wildman–Crippen MR) is 111 cm³/mol. The van der Waals surface area contributed by atoms with Gasteiger partial charge >= 0.3 is 0 Å². The van der Waals surface area contributed by atoms with Gasteiger partial charge in [0, 0.05) is 32.1 Å². The van der Waals surface area contributed by atoms with E-state index in [1.165, 1.54) is 11.1 Å². The molecule has 1 aromatic heterocycles. The highest BCUT2D eigenvalue weighted by Gasteiger charge is 2.29. The number of rotatable bonds is 5. The minimum Gasteiger partial charge on any atom is -0.423 e. The number of benzene rings is 2. The molecule has 0 bridgehead atoms. The van der Waals surface area contributed by atoms with Crippen LogP contribution in [-0.4, -0.2) is 35.4 Å². The Morgan fingerprint density at radius 3 is 2.57 bits per heavy atom. The van der Waals surface area contributed by atoms with Gasteiger partial charge in [0.15, 0.2) is 5.58 Å². The zero-order valence-corrected chi connectivity index (χ0v) is 16.6. The van der Waals surface area contributed by atoms with E-state index in [4.69, 9.17) is 4.42 Å². The number of carbonyl (C=O) groups excluding carboxylic acids is 1. The van der Waals surface area contributed by atoms with E-state index < -0.39 is 0 Å². The van der Waals surface area contributed by atoms with Crippen molar-refractivity contribution in [1.29, 1.82) is 0 Å². The van der Waals surface area contributed by atoms with E-state index in [0.717, 1.165) is 43.6 Å². The second-order valence-corrected chi connectivity index (χ2v) is 7.50. The summed E-state index contributed by atoms with van der Waals surface area (Å²) in [6.07, 6.45) is 1.67. The molecule has 2 aromatic carbocycles. The number of aromatic nitrogens is 1. The zero-order valence-electron chi connectivity index (χ0n) is 16.6. The molecular weight excluding hydrogens is 350 g/mol. The third-order valence-electron chi connectivity index (χ3n) is 5.71. The first-order chi connectivity index (χ1) is 13.7. The van der Waals surface area contributed by atoms with Gasteiger partial charge in [-0.3, -0.25) is 4.79 Å². The Hall–Kier alpha value is -2.82. The summed E-state index contributed by atoms with van der Waals surface area (Å²) in [5.41, 5.74) is 4.15. The van der Waals surface area contributed by atoms with Crippen molar-refractivity contribution in [3.63, 3.8) is 0 Å². The summed E-state index contributed by atoms with van der Waals surface area (Å²) in [6.45, 7) is 7.18. The average Bonchev–Trinajstić information content (AvgIpc) is 3.17. The quantitative estimate of drug-likeness (QED) is 0.661. The van der Waals surface area contributed by atoms with Gasteiger partial charge in [0.05, 0.1) is 0 Å². The highest BCUT2D eigenvalue weighted by Crippen LogP contribution is 2.27. The van der Waals surface area contributed by atoms with Crippen molar-refractivity contribution < 1.29 is 9.21 Å². The molecule has 0 atom stereocenters. The lowest BCUT2D eigenvalue weighted by atomic mass is 9.95. The van der Waals surface area contributed by atoms with Gasteiger partial charge in [-0.05, 0) is 49.9 Å². The number of anilines is 1. The molecule has 146 valence electrons. The first kappa shape index (κ1) is 18.5. The summed E-state index contributed by atoms with van der Waals surface area (Å²) in [4.78, 5) is 21.8. The van der Waals surface area contributed by atoms with E-state index in [1.54, 1.807) is 0 Å². The van der Waals surface area contributed by atoms with Crippen LogP contribution in [0.15, 0.2) is 52.9 Å². The largest absolute Gasteiger partial charge is 0.423 e. The molecule has 1 fully saturated rings. The summed E-state index contributed by atoms with van der Waals surface area (Å²) < 4.78 is 5.88. The number of para-hydroxylation sites is 2. The fourth-order valence-electron chi connectivity index (χ4n) is 3.91. The van der Waals surface area contributed by atoms with Crippen LogP contribution in [0.25, 0.3) is 11.1 Å². The maximum Gasteiger partial charge on any atom is 0.298 e. The summed E-state index contributed by atoms with van der Waals surface area (Å²) in [7, 11) is 0. The predicted octanol–water partition coefficient (Wildman–Crippen LogP) is 4.40. The number of piperidine rings is 1. The fraction of sp³-hybridized carbons (Fsp3) is 0.391. The molecule has 1 aliphatic rings. The molecule has 1 aliphatic heterocycles. The molecule has 2 heterocycles. The Bertz CT molecular complexity index is 924. The molecule has 5 heteroatoms. The summed E-state index contributed by atoms with van der Waals surface area (Å²) in [5, 5.41) is 0. The molecule has 0 unspecified atom stereocenters. The number of fused-ring (bicyclic) bond motifs is 1. The van der Waals surface area contributed by atoms with Crippen molar-refractivity contribution >= 4 is 23.0 Å². The maximum atomic E-state index is 13.1. The topological polar surface area (TPSA) is 49.6 Å².